The molecule has 1 aromatic carbocycles. The number of nitrogens with one attached hydrogen (secondary N) is 2. The molecular formula is C19H23N5O4. The van der Waals surface area contributed by atoms with Crippen LogP contribution in [0.2, 0.25) is 0 Å². The summed E-state index contributed by atoms with van der Waals surface area (Å²) in [6.45, 7) is 2.45. The SMILES string of the molecule is O=C(CN(Cc1nc2ccccc2c(=O)[nH]1)CC1CCCO1)N1CCNC1=O. The van der Waals surface area contributed by atoms with Crippen molar-refractivity contribution in [3.63, 3.8) is 0 Å². The van der Waals surface area contributed by atoms with Crippen molar-refractivity contribution in [1.29, 1.82) is 0 Å². The Balaban J connectivity index is 1.53. The second kappa shape index (κ2) is 8.07. The summed E-state index contributed by atoms with van der Waals surface area (Å²) in [5.74, 6) is 0.219. The molecule has 2 aliphatic rings. The van der Waals surface area contributed by atoms with Crippen LogP contribution in [-0.2, 0) is 16.1 Å². The van der Waals surface area contributed by atoms with Gasteiger partial charge in [-0.2, -0.15) is 0 Å². The highest BCUT2D eigenvalue weighted by Crippen LogP contribution is 2.15. The van der Waals surface area contributed by atoms with E-state index in [2.05, 4.69) is 15.3 Å². The average molecular weight is 385 g/mol. The highest BCUT2D eigenvalue weighted by atomic mass is 16.5. The van der Waals surface area contributed by atoms with Crippen LogP contribution in [-0.4, -0.2) is 70.6 Å². The third-order valence-corrected chi connectivity index (χ3v) is 5.04. The number of H-pyrrole nitrogens is 1. The maximum atomic E-state index is 12.6. The van der Waals surface area contributed by atoms with Crippen LogP contribution in [0.3, 0.4) is 0 Å². The molecule has 3 amide bonds. The molecule has 0 bridgehead atoms. The molecular weight excluding hydrogens is 362 g/mol. The second-order valence-corrected chi connectivity index (χ2v) is 7.11. The van der Waals surface area contributed by atoms with Crippen LogP contribution in [0, 0.1) is 0 Å². The minimum atomic E-state index is -0.362. The first-order chi connectivity index (χ1) is 13.6. The number of hydrogen-bond acceptors (Lipinski definition) is 6. The average Bonchev–Trinajstić information content (AvgIpc) is 3.33. The van der Waals surface area contributed by atoms with Gasteiger partial charge in [0, 0.05) is 26.2 Å². The number of rotatable bonds is 6. The molecule has 2 saturated heterocycles. The summed E-state index contributed by atoms with van der Waals surface area (Å²) in [6, 6.07) is 6.78. The van der Waals surface area contributed by atoms with Crippen molar-refractivity contribution < 1.29 is 14.3 Å². The molecule has 2 aliphatic heterocycles. The van der Waals surface area contributed by atoms with E-state index in [4.69, 9.17) is 4.74 Å². The molecule has 148 valence electrons. The normalized spacial score (nSPS) is 19.5. The van der Waals surface area contributed by atoms with Crippen molar-refractivity contribution in [1.82, 2.24) is 25.1 Å². The molecule has 28 heavy (non-hydrogen) atoms. The number of nitrogens with zero attached hydrogens (tertiary/aromatic N) is 3. The molecule has 0 saturated carbocycles. The molecule has 1 unspecified atom stereocenters. The maximum absolute atomic E-state index is 12.6. The van der Waals surface area contributed by atoms with Crippen molar-refractivity contribution in [3.8, 4) is 0 Å². The smallest absolute Gasteiger partial charge is 0.324 e. The van der Waals surface area contributed by atoms with Gasteiger partial charge in [-0.3, -0.25) is 19.4 Å². The van der Waals surface area contributed by atoms with E-state index in [1.807, 2.05) is 11.0 Å². The Labute approximate surface area is 161 Å². The van der Waals surface area contributed by atoms with Gasteiger partial charge < -0.3 is 15.0 Å². The van der Waals surface area contributed by atoms with Crippen LogP contribution in [0.25, 0.3) is 10.9 Å². The Morgan fingerprint density at radius 3 is 2.93 bits per heavy atom. The number of hydrogen-bond donors (Lipinski definition) is 2. The Hall–Kier alpha value is -2.78. The van der Waals surface area contributed by atoms with Gasteiger partial charge >= 0.3 is 6.03 Å². The molecule has 9 heteroatoms. The van der Waals surface area contributed by atoms with Gasteiger partial charge in [-0.25, -0.2) is 9.78 Å². The Kier molecular flexibility index (Phi) is 5.36. The van der Waals surface area contributed by atoms with E-state index in [0.29, 0.717) is 49.5 Å². The minimum Gasteiger partial charge on any atom is -0.377 e. The van der Waals surface area contributed by atoms with Gasteiger partial charge in [-0.15, -0.1) is 0 Å². The second-order valence-electron chi connectivity index (χ2n) is 7.11. The Bertz CT molecular complexity index is 937. The van der Waals surface area contributed by atoms with Gasteiger partial charge in [-0.1, -0.05) is 12.1 Å². The number of fused-ring (bicyclic) bond motifs is 1. The predicted octanol–water partition coefficient (Wildman–Crippen LogP) is 0.456. The molecule has 0 radical (unpaired) electrons. The molecule has 2 fully saturated rings. The number of imide groups is 1. The maximum Gasteiger partial charge on any atom is 0.324 e. The topological polar surface area (TPSA) is 108 Å². The number of aromatic nitrogens is 2. The molecule has 0 spiro atoms. The van der Waals surface area contributed by atoms with Gasteiger partial charge in [0.25, 0.3) is 5.56 Å². The van der Waals surface area contributed by atoms with Crippen LogP contribution >= 0.6 is 0 Å². The molecule has 0 aliphatic carbocycles. The predicted molar refractivity (Wildman–Crippen MR) is 102 cm³/mol. The zero-order valence-corrected chi connectivity index (χ0v) is 15.5. The van der Waals surface area contributed by atoms with E-state index in [0.717, 1.165) is 12.8 Å². The summed E-state index contributed by atoms with van der Waals surface area (Å²) < 4.78 is 5.71. The fourth-order valence-electron chi connectivity index (χ4n) is 3.67. The fourth-order valence-corrected chi connectivity index (χ4v) is 3.67. The molecule has 9 nitrogen and oxygen atoms in total. The summed E-state index contributed by atoms with van der Waals surface area (Å²) in [4.78, 5) is 47.2. The third kappa shape index (κ3) is 4.05. The highest BCUT2D eigenvalue weighted by Gasteiger charge is 2.29. The lowest BCUT2D eigenvalue weighted by molar-refractivity contribution is -0.129. The zero-order chi connectivity index (χ0) is 19.5. The summed E-state index contributed by atoms with van der Waals surface area (Å²) in [5.41, 5.74) is 0.409. The van der Waals surface area contributed by atoms with Crippen molar-refractivity contribution in [2.45, 2.75) is 25.5 Å². The molecule has 1 atom stereocenters. The number of urea groups is 1. The van der Waals surface area contributed by atoms with Crippen LogP contribution in [0.1, 0.15) is 18.7 Å². The fraction of sp³-hybridized carbons (Fsp3) is 0.474. The summed E-state index contributed by atoms with van der Waals surface area (Å²) in [7, 11) is 0. The first-order valence-corrected chi connectivity index (χ1v) is 9.50. The third-order valence-electron chi connectivity index (χ3n) is 5.04. The van der Waals surface area contributed by atoms with E-state index >= 15 is 0 Å². The highest BCUT2D eigenvalue weighted by molar-refractivity contribution is 5.96. The molecule has 3 heterocycles. The number of carbonyl (C=O) groups excluding carboxylic acids is 2. The van der Waals surface area contributed by atoms with Gasteiger partial charge in [-0.05, 0) is 25.0 Å². The van der Waals surface area contributed by atoms with Crippen molar-refractivity contribution in [2.75, 3.05) is 32.8 Å². The lowest BCUT2D eigenvalue weighted by Crippen LogP contribution is -2.44. The standard InChI is InChI=1S/C19H23N5O4/c25-17(24-8-7-20-19(24)27)12-23(10-13-4-3-9-28-13)11-16-21-15-6-2-1-5-14(15)18(26)22-16/h1-2,5-6,13H,3-4,7-12H2,(H,20,27)(H,21,22,26). The number of ether oxygens (including phenoxy) is 1. The summed E-state index contributed by atoms with van der Waals surface area (Å²) in [6.07, 6.45) is 1.95. The minimum absolute atomic E-state index is 0.0346. The number of para-hydroxylation sites is 1. The quantitative estimate of drug-likeness (QED) is 0.748. The van der Waals surface area contributed by atoms with Crippen LogP contribution in [0.15, 0.2) is 29.1 Å². The van der Waals surface area contributed by atoms with Crippen LogP contribution < -0.4 is 10.9 Å². The van der Waals surface area contributed by atoms with E-state index < -0.39 is 0 Å². The lowest BCUT2D eigenvalue weighted by Gasteiger charge is -2.25. The van der Waals surface area contributed by atoms with Crippen molar-refractivity contribution >= 4 is 22.8 Å². The van der Waals surface area contributed by atoms with E-state index in [-0.39, 0.29) is 30.1 Å². The number of carbonyl (C=O) groups is 2. The van der Waals surface area contributed by atoms with Crippen LogP contribution in [0.5, 0.6) is 0 Å². The Morgan fingerprint density at radius 2 is 2.18 bits per heavy atom. The van der Waals surface area contributed by atoms with Crippen LogP contribution in [0.4, 0.5) is 4.79 Å². The van der Waals surface area contributed by atoms with Gasteiger partial charge in [0.15, 0.2) is 0 Å². The number of benzene rings is 1. The lowest BCUT2D eigenvalue weighted by atomic mass is 10.2. The number of aromatic amines is 1. The van der Waals surface area contributed by atoms with Gasteiger partial charge in [0.05, 0.1) is 30.1 Å². The largest absolute Gasteiger partial charge is 0.377 e. The van der Waals surface area contributed by atoms with Crippen molar-refractivity contribution in [2.24, 2.45) is 0 Å². The van der Waals surface area contributed by atoms with E-state index in [9.17, 15) is 14.4 Å². The zero-order valence-electron chi connectivity index (χ0n) is 15.5. The first kappa shape index (κ1) is 18.6. The summed E-state index contributed by atoms with van der Waals surface area (Å²) >= 11 is 0. The molecule has 4 rings (SSSR count). The molecule has 2 aromatic rings. The van der Waals surface area contributed by atoms with E-state index in [1.54, 1.807) is 18.2 Å². The molecule has 2 N–H and O–H groups in total. The van der Waals surface area contributed by atoms with E-state index in [1.165, 1.54) is 4.90 Å². The van der Waals surface area contributed by atoms with Crippen molar-refractivity contribution in [3.05, 3.63) is 40.4 Å². The number of amides is 3. The monoisotopic (exact) mass is 385 g/mol. The van der Waals surface area contributed by atoms with Gasteiger partial charge in [0.1, 0.15) is 5.82 Å². The Morgan fingerprint density at radius 1 is 1.32 bits per heavy atom. The van der Waals surface area contributed by atoms with Gasteiger partial charge in [0.2, 0.25) is 5.91 Å². The summed E-state index contributed by atoms with van der Waals surface area (Å²) in [5, 5.41) is 3.17. The molecule has 1 aromatic heterocycles. The first-order valence-electron chi connectivity index (χ1n) is 9.50.